The lowest BCUT2D eigenvalue weighted by Gasteiger charge is -2.37. The zero-order valence-electron chi connectivity index (χ0n) is 79.7. The van der Waals surface area contributed by atoms with E-state index in [1.807, 2.05) is 102 Å². The van der Waals surface area contributed by atoms with E-state index in [1.165, 1.54) is 37.4 Å². The Bertz CT molecular complexity index is 4460. The highest BCUT2D eigenvalue weighted by atomic mass is 16.6. The molecule has 0 aliphatic carbocycles. The number of nitrogens with one attached hydrogen (secondary N) is 6. The lowest BCUT2D eigenvalue weighted by Crippen LogP contribution is -2.44. The third-order valence-electron chi connectivity index (χ3n) is 25.9. The van der Waals surface area contributed by atoms with Crippen LogP contribution in [0.2, 0.25) is 0 Å². The average molecular weight is 1810 g/mol. The van der Waals surface area contributed by atoms with Crippen molar-refractivity contribution in [2.24, 2.45) is 35.5 Å². The average Bonchev–Trinajstić information content (AvgIpc) is 0.810. The van der Waals surface area contributed by atoms with E-state index < -0.39 is 51.6 Å². The van der Waals surface area contributed by atoms with Crippen LogP contribution >= 0.6 is 0 Å². The number of aliphatic hydroxyl groups is 2. The van der Waals surface area contributed by atoms with Crippen molar-refractivity contribution in [1.29, 1.82) is 0 Å². The molecule has 0 amide bonds. The summed E-state index contributed by atoms with van der Waals surface area (Å²) in [5, 5.41) is 95.8. The first-order valence-electron chi connectivity index (χ1n) is 46.3. The number of aromatic hydroxyl groups is 6. The van der Waals surface area contributed by atoms with E-state index in [0.717, 1.165) is 178 Å². The van der Waals surface area contributed by atoms with Crippen LogP contribution in [-0.2, 0) is 66.9 Å². The third-order valence-corrected chi connectivity index (χ3v) is 25.9. The highest BCUT2D eigenvalue weighted by Gasteiger charge is 2.41. The van der Waals surface area contributed by atoms with Gasteiger partial charge in [-0.25, -0.2) is 14.4 Å². The van der Waals surface area contributed by atoms with Crippen LogP contribution in [0, 0.1) is 49.4 Å². The van der Waals surface area contributed by atoms with Crippen molar-refractivity contribution in [3.05, 3.63) is 166 Å². The zero-order chi connectivity index (χ0) is 95.6. The number of ether oxygens (including phenoxy) is 8. The van der Waals surface area contributed by atoms with Gasteiger partial charge >= 0.3 is 35.8 Å². The predicted molar refractivity (Wildman–Crippen MR) is 501 cm³/mol. The molecule has 0 radical (unpaired) electrons. The van der Waals surface area contributed by atoms with Crippen LogP contribution in [0.15, 0.2) is 121 Å². The summed E-state index contributed by atoms with van der Waals surface area (Å²) in [6.07, 6.45) is 12.3. The van der Waals surface area contributed by atoms with Gasteiger partial charge < -0.3 is 111 Å². The van der Waals surface area contributed by atoms with Gasteiger partial charge in [0.05, 0.1) is 31.6 Å². The molecule has 14 N–H and O–H groups in total. The number of rotatable bonds is 28. The van der Waals surface area contributed by atoms with Crippen LogP contribution in [0.5, 0.6) is 46.0 Å². The van der Waals surface area contributed by atoms with Gasteiger partial charge in [0.2, 0.25) is 0 Å². The fourth-order valence-corrected chi connectivity index (χ4v) is 17.3. The van der Waals surface area contributed by atoms with Crippen LogP contribution in [0.25, 0.3) is 0 Å². The van der Waals surface area contributed by atoms with E-state index >= 15 is 0 Å². The molecular formula is C102H150N6O22. The molecule has 6 aromatic carbocycles. The largest absolute Gasteiger partial charge is 0.508 e. The molecule has 2 unspecified atom stereocenters. The van der Waals surface area contributed by atoms with E-state index in [9.17, 15) is 64.5 Å². The first kappa shape index (κ1) is 107. The van der Waals surface area contributed by atoms with Gasteiger partial charge in [0.25, 0.3) is 0 Å². The normalized spacial score (nSPS) is 17.0. The van der Waals surface area contributed by atoms with Crippen molar-refractivity contribution < 1.29 is 108 Å². The van der Waals surface area contributed by atoms with Crippen LogP contribution < -0.4 is 41.4 Å². The Labute approximate surface area is 769 Å². The third kappa shape index (κ3) is 35.1. The molecule has 2 atom stereocenters. The highest BCUT2D eigenvalue weighted by molar-refractivity contribution is 5.93. The fraction of sp³-hybridized carbons (Fsp3) is 0.588. The van der Waals surface area contributed by atoms with Crippen molar-refractivity contribution in [2.75, 3.05) is 98.9 Å². The Morgan fingerprint density at radius 2 is 0.754 bits per heavy atom. The molecule has 0 aromatic heterocycles. The quantitative estimate of drug-likeness (QED) is 0.0160. The van der Waals surface area contributed by atoms with Gasteiger partial charge in [-0.2, -0.15) is 0 Å². The number of carbonyl (C=O) groups excluding carboxylic acids is 6. The van der Waals surface area contributed by atoms with Crippen molar-refractivity contribution in [2.45, 2.75) is 252 Å². The number of phenols is 6. The van der Waals surface area contributed by atoms with Gasteiger partial charge in [0.1, 0.15) is 80.3 Å². The summed E-state index contributed by atoms with van der Waals surface area (Å²) in [5.74, 6) is 1.29. The molecule has 130 heavy (non-hydrogen) atoms. The minimum atomic E-state index is -1.19. The number of aryl methyl sites for hydroxylation is 3. The molecule has 12 rings (SSSR count). The second kappa shape index (κ2) is 51.3. The number of esters is 6. The van der Waals surface area contributed by atoms with Crippen molar-refractivity contribution in [3.8, 4) is 46.0 Å². The fourth-order valence-electron chi connectivity index (χ4n) is 17.3. The second-order valence-corrected chi connectivity index (χ2v) is 38.1. The molecule has 28 nitrogen and oxygen atoms in total. The van der Waals surface area contributed by atoms with Gasteiger partial charge in [-0.3, -0.25) is 14.4 Å². The number of hydrogen-bond acceptors (Lipinski definition) is 28. The minimum absolute atomic E-state index is 0.0645. The summed E-state index contributed by atoms with van der Waals surface area (Å²) < 4.78 is 44.5. The second-order valence-electron chi connectivity index (χ2n) is 38.1. The molecule has 6 aromatic rings. The van der Waals surface area contributed by atoms with Crippen molar-refractivity contribution in [1.82, 2.24) is 31.9 Å². The Balaban J connectivity index is 0.000000213. The molecule has 6 heterocycles. The maximum atomic E-state index is 12.4. The number of carbonyl (C=O) groups is 6. The van der Waals surface area contributed by atoms with Gasteiger partial charge in [-0.05, 0) is 372 Å². The lowest BCUT2D eigenvalue weighted by atomic mass is 9.83. The van der Waals surface area contributed by atoms with Gasteiger partial charge in [0.15, 0.2) is 17.6 Å². The van der Waals surface area contributed by atoms with Crippen LogP contribution in [0.1, 0.15) is 233 Å². The van der Waals surface area contributed by atoms with Crippen molar-refractivity contribution >= 4 is 35.8 Å². The highest BCUT2D eigenvalue weighted by Crippen LogP contribution is 2.39. The lowest BCUT2D eigenvalue weighted by molar-refractivity contribution is -0.173. The number of methoxy groups -OCH3 is 1. The molecule has 6 fully saturated rings. The Morgan fingerprint density at radius 3 is 1.15 bits per heavy atom. The molecule has 720 valence electrons. The Hall–Kier alpha value is -9.78. The zero-order valence-corrected chi connectivity index (χ0v) is 79.7. The molecule has 6 aliphatic heterocycles. The number of aliphatic hydroxyl groups excluding tert-OH is 2. The summed E-state index contributed by atoms with van der Waals surface area (Å²) in [5.41, 5.74) is 2.52. The molecule has 0 spiro atoms. The number of hydrogen-bond donors (Lipinski definition) is 14. The first-order chi connectivity index (χ1) is 61.4. The smallest absolute Gasteiger partial charge is 0.342 e. The predicted octanol–water partition coefficient (Wildman–Crippen LogP) is 14.0. The molecule has 0 bridgehead atoms. The van der Waals surface area contributed by atoms with E-state index in [2.05, 4.69) is 31.9 Å². The van der Waals surface area contributed by atoms with Crippen LogP contribution in [-0.4, -0.2) is 215 Å². The van der Waals surface area contributed by atoms with Gasteiger partial charge in [-0.1, -0.05) is 42.5 Å². The summed E-state index contributed by atoms with van der Waals surface area (Å²) in [4.78, 5) is 73.6. The summed E-state index contributed by atoms with van der Waals surface area (Å²) in [6.45, 7) is 40.6. The Kier molecular flexibility index (Phi) is 42.3. The van der Waals surface area contributed by atoms with Gasteiger partial charge in [0, 0.05) is 54.4 Å². The number of benzene rings is 6. The molecule has 28 heteroatoms. The minimum Gasteiger partial charge on any atom is -0.508 e. The van der Waals surface area contributed by atoms with E-state index in [0.29, 0.717) is 76.5 Å². The summed E-state index contributed by atoms with van der Waals surface area (Å²) in [6, 6.07) is 32.8. The van der Waals surface area contributed by atoms with E-state index in [4.69, 9.17) is 43.0 Å². The molecule has 6 aliphatic rings. The first-order valence-corrected chi connectivity index (χ1v) is 46.3. The summed E-state index contributed by atoms with van der Waals surface area (Å²) in [7, 11) is 1.48. The van der Waals surface area contributed by atoms with Crippen LogP contribution in [0.3, 0.4) is 0 Å². The van der Waals surface area contributed by atoms with E-state index in [-0.39, 0.29) is 95.9 Å². The summed E-state index contributed by atoms with van der Waals surface area (Å²) >= 11 is 0. The number of phenolic OH excluding ortho intramolecular Hbond substituents is 6. The topological polar surface area (TPSA) is 410 Å². The van der Waals surface area contributed by atoms with Crippen LogP contribution in [0.4, 0.5) is 0 Å². The standard InChI is InChI=1S/C17H25NO5.2C17H25NO4.3C17H25NO3/c1-17(2,12-5-7-18-8-6-12)23-16(21)14-4-3-13(11-15(14)20)22-10-9-19;1-17(2,13-6-8-18-9-7-13)22-16(20)11-12-4-5-14(19)15(10-12)21-3;1-17(2,13-7-9-18-10-8-13)22-16(21)15(20)11-12-3-5-14(19)6-4-12;1-11-9-13(10-12(2)15(11)19)16(20)21-17(3,4)14-5-7-18-8-6-14;1-12(13-4-6-15(19)7-5-13)16(20)21-17(2,3)14-8-10-18-11-9-14;1-17(2,14-9-11-18-12-10-14)21-16(20)8-5-13-3-6-15(19)7-4-13/h3-4,11-12,18-20H,5-10H2,1-2H3;4-5,10,13,18-19H,6-9,11H2,1-3H3;3-6,13,15,18-20H,7-11H2,1-2H3;9-10,14,18-19H,5-8H2,1-4H3;4-7,12,14,18-19H,8-11H2,1-3H3;3-4,6-7,14,18-19H,5,8-12H2,1-2H3. The maximum absolute atomic E-state index is 12.4. The number of piperidine rings is 6. The van der Waals surface area contributed by atoms with E-state index in [1.54, 1.807) is 92.7 Å². The molecular weight excluding hydrogens is 1660 g/mol. The molecule has 6 saturated heterocycles. The van der Waals surface area contributed by atoms with Gasteiger partial charge in [-0.15, -0.1) is 0 Å². The Morgan fingerprint density at radius 1 is 0.400 bits per heavy atom. The van der Waals surface area contributed by atoms with Crippen molar-refractivity contribution in [3.63, 3.8) is 0 Å². The SMILES string of the molecule is CC(C(=O)OC(C)(C)C1CCNCC1)c1ccc(O)cc1.CC(C)(OC(=O)C(O)Cc1ccc(O)cc1)C1CCNCC1.CC(C)(OC(=O)CCc1ccc(O)cc1)C1CCNCC1.CC(C)(OC(=O)c1ccc(OCCO)cc1O)C1CCNCC1.COc1cc(CC(=O)OC(C)(C)C2CCNCC2)ccc1O.Cc1cc(C(=O)OC(C)(C)C2CCNCC2)cc(C)c1O. The monoisotopic (exact) mass is 1810 g/mol. The maximum Gasteiger partial charge on any atom is 0.342 e. The molecule has 0 saturated carbocycles.